The number of fused-ring (bicyclic) bond motifs is 1. The van der Waals surface area contributed by atoms with Gasteiger partial charge < -0.3 is 10.2 Å². The van der Waals surface area contributed by atoms with Crippen LogP contribution in [0.5, 0.6) is 0 Å². The molecule has 3 nitrogen and oxygen atoms in total. The van der Waals surface area contributed by atoms with E-state index in [4.69, 9.17) is 17.6 Å². The zero-order valence-corrected chi connectivity index (χ0v) is 13.0. The third-order valence-corrected chi connectivity index (χ3v) is 4.34. The Morgan fingerprint density at radius 1 is 1.33 bits per heavy atom. The lowest BCUT2D eigenvalue weighted by Crippen LogP contribution is -2.26. The third-order valence-electron chi connectivity index (χ3n) is 3.95. The first-order chi connectivity index (χ1) is 10.1. The molecule has 1 aromatic rings. The fraction of sp³-hybridized carbons (Fsp3) is 0.294. The molecule has 2 aliphatic rings. The van der Waals surface area contributed by atoms with E-state index < -0.39 is 0 Å². The second kappa shape index (κ2) is 5.92. The molecule has 1 heterocycles. The molecule has 0 bridgehead atoms. The van der Waals surface area contributed by atoms with Gasteiger partial charge in [-0.2, -0.15) is 0 Å². The number of anilines is 1. The maximum Gasteiger partial charge on any atom is 0.131 e. The number of amidine groups is 1. The van der Waals surface area contributed by atoms with Crippen LogP contribution in [0.3, 0.4) is 0 Å². The van der Waals surface area contributed by atoms with Crippen LogP contribution >= 0.6 is 12.2 Å². The topological polar surface area (TPSA) is 39.1 Å². The van der Waals surface area contributed by atoms with Gasteiger partial charge in [-0.05, 0) is 36.7 Å². The van der Waals surface area contributed by atoms with Crippen molar-refractivity contribution in [2.24, 2.45) is 0 Å². The summed E-state index contributed by atoms with van der Waals surface area (Å²) in [6.07, 6.45) is 7.74. The molecule has 0 atom stereocenters. The highest BCUT2D eigenvalue weighted by Gasteiger charge is 2.15. The fourth-order valence-electron chi connectivity index (χ4n) is 2.75. The Balaban J connectivity index is 1.78. The zero-order chi connectivity index (χ0) is 14.8. The summed E-state index contributed by atoms with van der Waals surface area (Å²) >= 11 is 5.33. The number of hydrogen-bond acceptors (Lipinski definition) is 3. The van der Waals surface area contributed by atoms with Gasteiger partial charge in [0, 0.05) is 35.6 Å². The van der Waals surface area contributed by atoms with Gasteiger partial charge in [-0.3, -0.25) is 5.41 Å². The lowest BCUT2D eigenvalue weighted by Gasteiger charge is -2.25. The average molecular weight is 297 g/mol. The molecule has 1 aliphatic heterocycles. The minimum Gasteiger partial charge on any atom is -0.340 e. The quantitative estimate of drug-likeness (QED) is 0.500. The standard InChI is InChI=1S/C17H19N3S/c1-20-9-8-12-6-7-14(10-13(12)11-20)19-17(18)15-4-2-3-5-16(15)21/h2-4,6-7,10H,5,8-9,11H2,1H3,(H2,18,19). The molecule has 0 unspecified atom stereocenters. The first-order valence-corrected chi connectivity index (χ1v) is 7.60. The Hall–Kier alpha value is -1.78. The SMILES string of the molecule is CN1CCc2ccc(NC(=N)C3=CC=CCC3=S)cc2C1. The second-order valence-electron chi connectivity index (χ2n) is 5.61. The maximum atomic E-state index is 8.22. The molecule has 4 heteroatoms. The van der Waals surface area contributed by atoms with Gasteiger partial charge in [-0.15, -0.1) is 0 Å². The van der Waals surface area contributed by atoms with E-state index in [9.17, 15) is 0 Å². The number of hydrogen-bond donors (Lipinski definition) is 2. The molecule has 0 radical (unpaired) electrons. The van der Waals surface area contributed by atoms with E-state index in [1.165, 1.54) is 11.1 Å². The summed E-state index contributed by atoms with van der Waals surface area (Å²) in [6.45, 7) is 2.09. The lowest BCUT2D eigenvalue weighted by molar-refractivity contribution is 0.313. The van der Waals surface area contributed by atoms with Gasteiger partial charge in [0.2, 0.25) is 0 Å². The van der Waals surface area contributed by atoms with Crippen molar-refractivity contribution in [3.8, 4) is 0 Å². The van der Waals surface area contributed by atoms with E-state index >= 15 is 0 Å². The fourth-order valence-corrected chi connectivity index (χ4v) is 3.02. The van der Waals surface area contributed by atoms with Crippen molar-refractivity contribution in [2.45, 2.75) is 19.4 Å². The Kier molecular flexibility index (Phi) is 3.99. The van der Waals surface area contributed by atoms with Crippen molar-refractivity contribution in [3.05, 3.63) is 53.1 Å². The van der Waals surface area contributed by atoms with E-state index in [1.807, 2.05) is 18.2 Å². The molecule has 0 saturated carbocycles. The summed E-state index contributed by atoms with van der Waals surface area (Å²) in [7, 11) is 2.14. The van der Waals surface area contributed by atoms with Gasteiger partial charge in [-0.25, -0.2) is 0 Å². The largest absolute Gasteiger partial charge is 0.340 e. The van der Waals surface area contributed by atoms with Crippen molar-refractivity contribution >= 4 is 28.6 Å². The van der Waals surface area contributed by atoms with Crippen molar-refractivity contribution < 1.29 is 0 Å². The summed E-state index contributed by atoms with van der Waals surface area (Å²) in [5.41, 5.74) is 4.55. The second-order valence-corrected chi connectivity index (χ2v) is 6.10. The predicted molar refractivity (Wildman–Crippen MR) is 92.3 cm³/mol. The molecular formula is C17H19N3S. The molecule has 1 aliphatic carbocycles. The minimum absolute atomic E-state index is 0.383. The molecule has 0 saturated heterocycles. The molecular weight excluding hydrogens is 278 g/mol. The number of rotatable bonds is 2. The van der Waals surface area contributed by atoms with Crippen LogP contribution in [0.15, 0.2) is 42.0 Å². The van der Waals surface area contributed by atoms with Gasteiger partial charge in [-0.1, -0.05) is 36.5 Å². The third kappa shape index (κ3) is 3.12. The molecule has 0 aromatic heterocycles. The molecule has 0 spiro atoms. The minimum atomic E-state index is 0.383. The molecule has 108 valence electrons. The highest BCUT2D eigenvalue weighted by Crippen LogP contribution is 2.22. The van der Waals surface area contributed by atoms with Crippen LogP contribution in [-0.2, 0) is 13.0 Å². The van der Waals surface area contributed by atoms with Crippen LogP contribution in [0.2, 0.25) is 0 Å². The molecule has 21 heavy (non-hydrogen) atoms. The Morgan fingerprint density at radius 2 is 2.19 bits per heavy atom. The normalized spacial score (nSPS) is 18.1. The van der Waals surface area contributed by atoms with Crippen molar-refractivity contribution in [3.63, 3.8) is 0 Å². The first-order valence-electron chi connectivity index (χ1n) is 7.20. The van der Waals surface area contributed by atoms with E-state index in [0.29, 0.717) is 5.84 Å². The van der Waals surface area contributed by atoms with Crippen LogP contribution < -0.4 is 5.32 Å². The number of nitrogens with one attached hydrogen (secondary N) is 2. The van der Waals surface area contributed by atoms with Gasteiger partial charge in [0.1, 0.15) is 5.84 Å². The number of nitrogens with zero attached hydrogens (tertiary/aromatic N) is 1. The van der Waals surface area contributed by atoms with Gasteiger partial charge >= 0.3 is 0 Å². The van der Waals surface area contributed by atoms with E-state index in [1.54, 1.807) is 0 Å². The molecule has 1 aromatic carbocycles. The highest BCUT2D eigenvalue weighted by molar-refractivity contribution is 7.81. The summed E-state index contributed by atoms with van der Waals surface area (Å²) in [4.78, 5) is 3.15. The molecule has 0 fully saturated rings. The van der Waals surface area contributed by atoms with Gasteiger partial charge in [0.25, 0.3) is 0 Å². The van der Waals surface area contributed by atoms with Crippen molar-refractivity contribution in [1.82, 2.24) is 4.90 Å². The number of thiocarbonyl (C=S) groups is 1. The summed E-state index contributed by atoms with van der Waals surface area (Å²) < 4.78 is 0. The molecule has 3 rings (SSSR count). The summed E-state index contributed by atoms with van der Waals surface area (Å²) in [5.74, 6) is 0.383. The van der Waals surface area contributed by atoms with E-state index in [2.05, 4.69) is 35.5 Å². The molecule has 2 N–H and O–H groups in total. The maximum absolute atomic E-state index is 8.22. The summed E-state index contributed by atoms with van der Waals surface area (Å²) in [5, 5.41) is 11.4. The average Bonchev–Trinajstić information content (AvgIpc) is 2.47. The predicted octanol–water partition coefficient (Wildman–Crippen LogP) is 3.32. The lowest BCUT2D eigenvalue weighted by atomic mass is 9.99. The van der Waals surface area contributed by atoms with Gasteiger partial charge in [0.15, 0.2) is 0 Å². The number of allylic oxidation sites excluding steroid dienone is 3. The zero-order valence-electron chi connectivity index (χ0n) is 12.1. The molecule has 0 amide bonds. The summed E-state index contributed by atoms with van der Waals surface area (Å²) in [6, 6.07) is 6.38. The van der Waals surface area contributed by atoms with Crippen molar-refractivity contribution in [2.75, 3.05) is 18.9 Å². The van der Waals surface area contributed by atoms with Crippen LogP contribution in [0.1, 0.15) is 17.5 Å². The monoisotopic (exact) mass is 297 g/mol. The van der Waals surface area contributed by atoms with Crippen LogP contribution in [0.4, 0.5) is 5.69 Å². The Morgan fingerprint density at radius 3 is 3.00 bits per heavy atom. The highest BCUT2D eigenvalue weighted by atomic mass is 32.1. The van der Waals surface area contributed by atoms with Gasteiger partial charge in [0.05, 0.1) is 0 Å². The van der Waals surface area contributed by atoms with Crippen LogP contribution in [0.25, 0.3) is 0 Å². The number of likely N-dealkylation sites (N-methyl/N-ethyl adjacent to an activating group) is 1. The Bertz CT molecular complexity index is 658. The van der Waals surface area contributed by atoms with Crippen molar-refractivity contribution in [1.29, 1.82) is 5.41 Å². The van der Waals surface area contributed by atoms with E-state index in [0.717, 1.165) is 42.1 Å². The first kappa shape index (κ1) is 14.2. The number of benzene rings is 1. The van der Waals surface area contributed by atoms with E-state index in [-0.39, 0.29) is 0 Å². The smallest absolute Gasteiger partial charge is 0.131 e. The Labute approximate surface area is 130 Å². The van der Waals surface area contributed by atoms with Crippen LogP contribution in [-0.4, -0.2) is 29.2 Å². The van der Waals surface area contributed by atoms with Crippen LogP contribution in [0, 0.1) is 5.41 Å².